The number of nitrogens with zero attached hydrogens (tertiary/aromatic N) is 2. The zero-order valence-corrected chi connectivity index (χ0v) is 14.6. The first-order valence-electron chi connectivity index (χ1n) is 8.41. The first kappa shape index (κ1) is 16.3. The molecule has 124 valence electrons. The van der Waals surface area contributed by atoms with Gasteiger partial charge >= 0.3 is 0 Å². The van der Waals surface area contributed by atoms with E-state index in [1.807, 2.05) is 13.0 Å². The van der Waals surface area contributed by atoms with Crippen LogP contribution in [0.2, 0.25) is 0 Å². The molecule has 0 saturated heterocycles. The van der Waals surface area contributed by atoms with Crippen LogP contribution in [0, 0.1) is 12.8 Å². The summed E-state index contributed by atoms with van der Waals surface area (Å²) in [5.74, 6) is 0.363. The fraction of sp³-hybridized carbons (Fsp3) is 0.286. The molecule has 0 saturated carbocycles. The van der Waals surface area contributed by atoms with E-state index in [1.165, 1.54) is 11.1 Å². The van der Waals surface area contributed by atoms with Crippen molar-refractivity contribution in [2.45, 2.75) is 27.2 Å². The average molecular weight is 320 g/mol. The topological polar surface area (TPSA) is 24.8 Å². The number of hydrogen-bond acceptors (Lipinski definition) is 3. The van der Waals surface area contributed by atoms with Crippen LogP contribution in [0.15, 0.2) is 65.8 Å². The summed E-state index contributed by atoms with van der Waals surface area (Å²) in [6.07, 6.45) is 3.23. The molecule has 1 atom stereocenters. The molecule has 0 aliphatic carbocycles. The lowest BCUT2D eigenvalue weighted by Crippen LogP contribution is -2.23. The van der Waals surface area contributed by atoms with Gasteiger partial charge in [-0.1, -0.05) is 66.2 Å². The second kappa shape index (κ2) is 7.35. The van der Waals surface area contributed by atoms with E-state index in [1.54, 1.807) is 0 Å². The third-order valence-corrected chi connectivity index (χ3v) is 4.48. The van der Waals surface area contributed by atoms with Crippen LogP contribution in [0.4, 0.5) is 5.69 Å². The zero-order chi connectivity index (χ0) is 16.9. The Labute approximate surface area is 144 Å². The van der Waals surface area contributed by atoms with Crippen molar-refractivity contribution in [3.63, 3.8) is 0 Å². The van der Waals surface area contributed by atoms with Gasteiger partial charge in [0.05, 0.1) is 5.71 Å². The van der Waals surface area contributed by atoms with E-state index in [0.29, 0.717) is 12.6 Å². The van der Waals surface area contributed by atoms with Gasteiger partial charge in [0.15, 0.2) is 6.73 Å². The number of aryl methyl sites for hydroxylation is 1. The quantitative estimate of drug-likeness (QED) is 0.756. The van der Waals surface area contributed by atoms with Crippen molar-refractivity contribution in [2.24, 2.45) is 11.1 Å². The number of anilines is 1. The van der Waals surface area contributed by atoms with Gasteiger partial charge < -0.3 is 9.74 Å². The number of allylic oxidation sites excluding steroid dienone is 1. The van der Waals surface area contributed by atoms with Crippen molar-refractivity contribution in [1.82, 2.24) is 0 Å². The zero-order valence-electron chi connectivity index (χ0n) is 14.6. The molecule has 2 aromatic carbocycles. The van der Waals surface area contributed by atoms with Crippen molar-refractivity contribution >= 4 is 17.1 Å². The largest absolute Gasteiger partial charge is 0.374 e. The SMILES string of the molecule is C/C1=N/OCN(c2ccc(C)cc2)/C(c2ccccc2)=C\C[C@H]1C. The molecule has 0 amide bonds. The van der Waals surface area contributed by atoms with Gasteiger partial charge in [-0.05, 0) is 38.0 Å². The van der Waals surface area contributed by atoms with Crippen molar-refractivity contribution in [3.05, 3.63) is 71.8 Å². The van der Waals surface area contributed by atoms with E-state index >= 15 is 0 Å². The third-order valence-electron chi connectivity index (χ3n) is 4.48. The highest BCUT2D eigenvalue weighted by molar-refractivity contribution is 5.85. The summed E-state index contributed by atoms with van der Waals surface area (Å²) in [7, 11) is 0. The van der Waals surface area contributed by atoms with Gasteiger partial charge in [-0.2, -0.15) is 0 Å². The molecule has 0 fully saturated rings. The molecule has 1 aliphatic rings. The van der Waals surface area contributed by atoms with Crippen LogP contribution in [-0.4, -0.2) is 12.4 Å². The van der Waals surface area contributed by atoms with E-state index in [4.69, 9.17) is 4.84 Å². The highest BCUT2D eigenvalue weighted by Gasteiger charge is 2.17. The number of benzene rings is 2. The lowest BCUT2D eigenvalue weighted by molar-refractivity contribution is 0.150. The Hall–Kier alpha value is -2.55. The predicted octanol–water partition coefficient (Wildman–Crippen LogP) is 5.23. The van der Waals surface area contributed by atoms with Gasteiger partial charge in [0, 0.05) is 17.3 Å². The summed E-state index contributed by atoms with van der Waals surface area (Å²) in [6.45, 7) is 6.71. The molecule has 2 aromatic rings. The monoisotopic (exact) mass is 320 g/mol. The van der Waals surface area contributed by atoms with E-state index in [2.05, 4.69) is 78.5 Å². The molecular formula is C21H24N2O. The maximum Gasteiger partial charge on any atom is 0.194 e. The average Bonchev–Trinajstić information content (AvgIpc) is 2.67. The van der Waals surface area contributed by atoms with Crippen molar-refractivity contribution in [2.75, 3.05) is 11.6 Å². The van der Waals surface area contributed by atoms with Crippen LogP contribution in [0.25, 0.3) is 5.70 Å². The Balaban J connectivity index is 2.04. The maximum atomic E-state index is 5.66. The second-order valence-corrected chi connectivity index (χ2v) is 6.35. The van der Waals surface area contributed by atoms with Gasteiger partial charge in [0.2, 0.25) is 0 Å². The van der Waals surface area contributed by atoms with Crippen LogP contribution < -0.4 is 4.90 Å². The summed E-state index contributed by atoms with van der Waals surface area (Å²) in [4.78, 5) is 7.84. The van der Waals surface area contributed by atoms with Gasteiger partial charge in [-0.25, -0.2) is 0 Å². The summed E-state index contributed by atoms with van der Waals surface area (Å²) >= 11 is 0. The molecule has 0 N–H and O–H groups in total. The highest BCUT2D eigenvalue weighted by atomic mass is 16.6. The lowest BCUT2D eigenvalue weighted by Gasteiger charge is -2.26. The normalized spacial score (nSPS) is 23.0. The summed E-state index contributed by atoms with van der Waals surface area (Å²) in [5.41, 5.74) is 5.74. The minimum atomic E-state index is 0.363. The number of oxime groups is 1. The Kier molecular flexibility index (Phi) is 4.99. The molecule has 3 rings (SSSR count). The van der Waals surface area contributed by atoms with E-state index in [0.717, 1.165) is 23.5 Å². The molecule has 1 heterocycles. The molecule has 24 heavy (non-hydrogen) atoms. The van der Waals surface area contributed by atoms with Crippen molar-refractivity contribution < 1.29 is 4.84 Å². The van der Waals surface area contributed by atoms with Crippen molar-refractivity contribution in [3.8, 4) is 0 Å². The van der Waals surface area contributed by atoms with Crippen LogP contribution in [0.5, 0.6) is 0 Å². The predicted molar refractivity (Wildman–Crippen MR) is 101 cm³/mol. The minimum absolute atomic E-state index is 0.363. The van der Waals surface area contributed by atoms with E-state index in [9.17, 15) is 0 Å². The highest BCUT2D eigenvalue weighted by Crippen LogP contribution is 2.28. The lowest BCUT2D eigenvalue weighted by atomic mass is 10.0. The number of rotatable bonds is 2. The molecule has 0 spiro atoms. The summed E-state index contributed by atoms with van der Waals surface area (Å²) in [6, 6.07) is 19.0. The van der Waals surface area contributed by atoms with Crippen molar-refractivity contribution in [1.29, 1.82) is 0 Å². The summed E-state index contributed by atoms with van der Waals surface area (Å²) < 4.78 is 0. The molecule has 0 aromatic heterocycles. The Morgan fingerprint density at radius 1 is 1.00 bits per heavy atom. The Morgan fingerprint density at radius 2 is 1.71 bits per heavy atom. The first-order chi connectivity index (χ1) is 11.6. The third kappa shape index (κ3) is 3.67. The van der Waals surface area contributed by atoms with Gasteiger partial charge in [-0.15, -0.1) is 0 Å². The Morgan fingerprint density at radius 3 is 2.42 bits per heavy atom. The maximum absolute atomic E-state index is 5.66. The van der Waals surface area contributed by atoms with Crippen LogP contribution in [0.3, 0.4) is 0 Å². The molecule has 3 nitrogen and oxygen atoms in total. The molecular weight excluding hydrogens is 296 g/mol. The Bertz CT molecular complexity index is 732. The molecule has 3 heteroatoms. The van der Waals surface area contributed by atoms with Crippen LogP contribution in [-0.2, 0) is 4.84 Å². The number of hydrogen-bond donors (Lipinski definition) is 0. The first-order valence-corrected chi connectivity index (χ1v) is 8.41. The van der Waals surface area contributed by atoms with E-state index in [-0.39, 0.29) is 0 Å². The minimum Gasteiger partial charge on any atom is -0.374 e. The molecule has 1 aliphatic heterocycles. The smallest absolute Gasteiger partial charge is 0.194 e. The second-order valence-electron chi connectivity index (χ2n) is 6.35. The van der Waals surface area contributed by atoms with Gasteiger partial charge in [0.25, 0.3) is 0 Å². The molecule has 0 unspecified atom stereocenters. The fourth-order valence-electron chi connectivity index (χ4n) is 2.74. The van der Waals surface area contributed by atoms with Crippen LogP contribution in [0.1, 0.15) is 31.4 Å². The van der Waals surface area contributed by atoms with Gasteiger partial charge in [0.1, 0.15) is 0 Å². The molecule has 0 radical (unpaired) electrons. The van der Waals surface area contributed by atoms with Gasteiger partial charge in [-0.3, -0.25) is 0 Å². The molecule has 0 bridgehead atoms. The van der Waals surface area contributed by atoms with E-state index < -0.39 is 0 Å². The standard InChI is InChI=1S/C21H24N2O/c1-16-9-12-20(13-10-16)23-15-24-22-18(3)17(2)11-14-21(23)19-7-5-4-6-8-19/h4-10,12-14,17H,11,15H2,1-3H3/b21-14-,22-18-/t17-/m1/s1. The summed E-state index contributed by atoms with van der Waals surface area (Å²) in [5, 5.41) is 4.29. The van der Waals surface area contributed by atoms with Crippen LogP contribution >= 0.6 is 0 Å². The fourth-order valence-corrected chi connectivity index (χ4v) is 2.74.